The number of ether oxygens (including phenoxy) is 2. The molecule has 0 aliphatic heterocycles. The second kappa shape index (κ2) is 9.59. The minimum Gasteiger partial charge on any atom is -0.380 e. The fourth-order valence-corrected chi connectivity index (χ4v) is 1.55. The first-order valence-corrected chi connectivity index (χ1v) is 7.03. The highest BCUT2D eigenvalue weighted by atomic mass is 35.5. The van der Waals surface area contributed by atoms with Crippen molar-refractivity contribution in [3.63, 3.8) is 0 Å². The molecule has 0 aromatic carbocycles. The summed E-state index contributed by atoms with van der Waals surface area (Å²) in [6.45, 7) is 11.2. The predicted octanol–water partition coefficient (Wildman–Crippen LogP) is 2.15. The lowest BCUT2D eigenvalue weighted by Gasteiger charge is -2.30. The van der Waals surface area contributed by atoms with Crippen molar-refractivity contribution in [1.29, 1.82) is 0 Å². The highest BCUT2D eigenvalue weighted by Crippen LogP contribution is 2.20. The Hall–Kier alpha value is -0.320. The largest absolute Gasteiger partial charge is 0.380 e. The van der Waals surface area contributed by atoms with E-state index in [2.05, 4.69) is 0 Å². The van der Waals surface area contributed by atoms with E-state index < -0.39 is 5.41 Å². The molecule has 0 radical (unpaired) electrons. The number of hydrogen-bond donors (Lipinski definition) is 0. The molecule has 0 bridgehead atoms. The zero-order valence-corrected chi connectivity index (χ0v) is 12.8. The van der Waals surface area contributed by atoms with Gasteiger partial charge < -0.3 is 14.4 Å². The molecule has 0 rings (SSSR count). The van der Waals surface area contributed by atoms with Gasteiger partial charge in [-0.2, -0.15) is 0 Å². The maximum absolute atomic E-state index is 12.3. The van der Waals surface area contributed by atoms with Crippen molar-refractivity contribution in [3.05, 3.63) is 0 Å². The van der Waals surface area contributed by atoms with Crippen molar-refractivity contribution in [2.75, 3.05) is 45.4 Å². The minimum atomic E-state index is -0.542. The van der Waals surface area contributed by atoms with Crippen LogP contribution in [0.5, 0.6) is 0 Å². The third kappa shape index (κ3) is 6.57. The highest BCUT2D eigenvalue weighted by Gasteiger charge is 2.30. The summed E-state index contributed by atoms with van der Waals surface area (Å²) >= 11 is 5.84. The molecule has 0 aromatic rings. The summed E-state index contributed by atoms with van der Waals surface area (Å²) in [5.74, 6) is 0.364. The Kier molecular flexibility index (Phi) is 9.42. The molecule has 0 aliphatic rings. The summed E-state index contributed by atoms with van der Waals surface area (Å²) in [4.78, 5) is 14.1. The van der Waals surface area contributed by atoms with Crippen LogP contribution in [0.3, 0.4) is 0 Å². The van der Waals surface area contributed by atoms with E-state index in [1.54, 1.807) is 4.90 Å². The topological polar surface area (TPSA) is 38.8 Å². The van der Waals surface area contributed by atoms with Gasteiger partial charge in [0.15, 0.2) is 0 Å². The molecule has 18 heavy (non-hydrogen) atoms. The summed E-state index contributed by atoms with van der Waals surface area (Å²) in [6, 6.07) is 0. The van der Waals surface area contributed by atoms with Crippen LogP contribution in [0.4, 0.5) is 0 Å². The molecule has 0 heterocycles. The van der Waals surface area contributed by atoms with E-state index in [4.69, 9.17) is 21.1 Å². The Morgan fingerprint density at radius 3 is 1.89 bits per heavy atom. The van der Waals surface area contributed by atoms with Crippen LogP contribution in [0, 0.1) is 5.41 Å². The Labute approximate surface area is 116 Å². The zero-order valence-electron chi connectivity index (χ0n) is 12.0. The van der Waals surface area contributed by atoms with Gasteiger partial charge in [0, 0.05) is 32.2 Å². The van der Waals surface area contributed by atoms with E-state index in [1.807, 2.05) is 27.7 Å². The Morgan fingerprint density at radius 1 is 1.11 bits per heavy atom. The second-order valence-corrected chi connectivity index (χ2v) is 4.97. The number of nitrogens with zero attached hydrogens (tertiary/aromatic N) is 1. The van der Waals surface area contributed by atoms with Gasteiger partial charge in [0.1, 0.15) is 0 Å². The third-order valence-corrected chi connectivity index (χ3v) is 3.29. The monoisotopic (exact) mass is 279 g/mol. The molecule has 0 spiro atoms. The van der Waals surface area contributed by atoms with E-state index in [-0.39, 0.29) is 5.91 Å². The lowest BCUT2D eigenvalue weighted by atomic mass is 9.94. The number of carbonyl (C=O) groups excluding carboxylic acids is 1. The van der Waals surface area contributed by atoms with Crippen LogP contribution in [0.25, 0.3) is 0 Å². The van der Waals surface area contributed by atoms with E-state index in [0.717, 1.165) is 0 Å². The summed E-state index contributed by atoms with van der Waals surface area (Å²) in [6.07, 6.45) is 0. The molecular formula is C13H26ClNO3. The van der Waals surface area contributed by atoms with Crippen molar-refractivity contribution in [1.82, 2.24) is 4.90 Å². The van der Waals surface area contributed by atoms with Gasteiger partial charge in [0.25, 0.3) is 0 Å². The van der Waals surface area contributed by atoms with Gasteiger partial charge >= 0.3 is 0 Å². The molecule has 4 nitrogen and oxygen atoms in total. The van der Waals surface area contributed by atoms with Crippen molar-refractivity contribution in [2.24, 2.45) is 5.41 Å². The van der Waals surface area contributed by atoms with Gasteiger partial charge in [-0.3, -0.25) is 4.79 Å². The standard InChI is InChI=1S/C13H26ClNO3/c1-5-17-9-7-15(8-10-18-6-2)12(16)13(3,4)11-14/h5-11H2,1-4H3. The molecule has 0 saturated heterocycles. The fourth-order valence-electron chi connectivity index (χ4n) is 1.44. The first kappa shape index (κ1) is 17.7. The molecule has 0 aromatic heterocycles. The molecule has 0 unspecified atom stereocenters. The highest BCUT2D eigenvalue weighted by molar-refractivity contribution is 6.19. The smallest absolute Gasteiger partial charge is 0.229 e. The van der Waals surface area contributed by atoms with Crippen LogP contribution >= 0.6 is 11.6 Å². The summed E-state index contributed by atoms with van der Waals surface area (Å²) < 4.78 is 10.6. The van der Waals surface area contributed by atoms with Crippen LogP contribution < -0.4 is 0 Å². The number of carbonyl (C=O) groups is 1. The van der Waals surface area contributed by atoms with Gasteiger partial charge in [-0.15, -0.1) is 11.6 Å². The molecule has 0 N–H and O–H groups in total. The summed E-state index contributed by atoms with van der Waals surface area (Å²) in [7, 11) is 0. The van der Waals surface area contributed by atoms with Gasteiger partial charge in [-0.25, -0.2) is 0 Å². The Bertz CT molecular complexity index is 224. The SMILES string of the molecule is CCOCCN(CCOCC)C(=O)C(C)(C)CCl. The van der Waals surface area contributed by atoms with Crippen molar-refractivity contribution in [2.45, 2.75) is 27.7 Å². The number of alkyl halides is 1. The van der Waals surface area contributed by atoms with Crippen LogP contribution in [-0.4, -0.2) is 56.2 Å². The van der Waals surface area contributed by atoms with Crippen molar-refractivity contribution >= 4 is 17.5 Å². The summed E-state index contributed by atoms with van der Waals surface area (Å²) in [5, 5.41) is 0. The zero-order chi connectivity index (χ0) is 14.0. The van der Waals surface area contributed by atoms with Gasteiger partial charge in [-0.1, -0.05) is 0 Å². The lowest BCUT2D eigenvalue weighted by molar-refractivity contribution is -0.140. The van der Waals surface area contributed by atoms with Crippen LogP contribution in [0.15, 0.2) is 0 Å². The lowest BCUT2D eigenvalue weighted by Crippen LogP contribution is -2.45. The van der Waals surface area contributed by atoms with Gasteiger partial charge in [0.2, 0.25) is 5.91 Å². The van der Waals surface area contributed by atoms with Gasteiger partial charge in [-0.05, 0) is 27.7 Å². The van der Waals surface area contributed by atoms with E-state index in [1.165, 1.54) is 0 Å². The van der Waals surface area contributed by atoms with Crippen molar-refractivity contribution < 1.29 is 14.3 Å². The number of hydrogen-bond acceptors (Lipinski definition) is 3. The predicted molar refractivity (Wildman–Crippen MR) is 74.1 cm³/mol. The number of amides is 1. The molecule has 1 amide bonds. The van der Waals surface area contributed by atoms with Crippen molar-refractivity contribution in [3.8, 4) is 0 Å². The van der Waals surface area contributed by atoms with E-state index in [0.29, 0.717) is 45.4 Å². The average Bonchev–Trinajstić information content (AvgIpc) is 2.36. The quantitative estimate of drug-likeness (QED) is 0.454. The Balaban J connectivity index is 4.38. The third-order valence-electron chi connectivity index (χ3n) is 2.62. The first-order chi connectivity index (χ1) is 8.49. The maximum atomic E-state index is 12.3. The molecule has 0 fully saturated rings. The number of halogens is 1. The molecule has 0 saturated carbocycles. The summed E-state index contributed by atoms with van der Waals surface area (Å²) in [5.41, 5.74) is -0.542. The number of rotatable bonds is 10. The molecular weight excluding hydrogens is 254 g/mol. The van der Waals surface area contributed by atoms with Gasteiger partial charge in [0.05, 0.1) is 18.6 Å². The second-order valence-electron chi connectivity index (χ2n) is 4.70. The normalized spacial score (nSPS) is 11.6. The molecule has 108 valence electrons. The Morgan fingerprint density at radius 2 is 1.56 bits per heavy atom. The maximum Gasteiger partial charge on any atom is 0.229 e. The molecule has 0 aliphatic carbocycles. The van der Waals surface area contributed by atoms with Crippen LogP contribution in [-0.2, 0) is 14.3 Å². The fraction of sp³-hybridized carbons (Fsp3) is 0.923. The van der Waals surface area contributed by atoms with E-state index in [9.17, 15) is 4.79 Å². The van der Waals surface area contributed by atoms with Crippen LogP contribution in [0.2, 0.25) is 0 Å². The van der Waals surface area contributed by atoms with Crippen LogP contribution in [0.1, 0.15) is 27.7 Å². The minimum absolute atomic E-state index is 0.0527. The molecule has 5 heteroatoms. The first-order valence-electron chi connectivity index (χ1n) is 6.50. The average molecular weight is 280 g/mol. The molecule has 0 atom stereocenters. The van der Waals surface area contributed by atoms with E-state index >= 15 is 0 Å².